The first kappa shape index (κ1) is 18.6. The largest absolute Gasteiger partial charge is 0.465 e. The standard InChI is InChI=1S/C17H23ClN2O4S/c1-24-17(21)15-10-13(18)4-5-16(15)25(22,23)20-8-6-14(7-9-20)19-11-12-2-3-12/h4-5,10,12,14,19H,2-3,6-9,11H2,1H3. The van der Waals surface area contributed by atoms with Crippen LogP contribution in [-0.2, 0) is 14.8 Å². The smallest absolute Gasteiger partial charge is 0.339 e. The van der Waals surface area contributed by atoms with Gasteiger partial charge in [0.2, 0.25) is 10.0 Å². The van der Waals surface area contributed by atoms with Crippen molar-refractivity contribution < 1.29 is 17.9 Å². The summed E-state index contributed by atoms with van der Waals surface area (Å²) in [5.41, 5.74) is -0.0241. The van der Waals surface area contributed by atoms with Gasteiger partial charge in [-0.15, -0.1) is 0 Å². The summed E-state index contributed by atoms with van der Waals surface area (Å²) in [6.45, 7) is 1.91. The van der Waals surface area contributed by atoms with Crippen molar-refractivity contribution in [2.45, 2.75) is 36.6 Å². The van der Waals surface area contributed by atoms with E-state index in [9.17, 15) is 13.2 Å². The zero-order valence-electron chi connectivity index (χ0n) is 14.2. The third-order valence-corrected chi connectivity index (χ3v) is 7.00. The topological polar surface area (TPSA) is 75.7 Å². The second kappa shape index (κ2) is 7.61. The van der Waals surface area contributed by atoms with Crippen LogP contribution >= 0.6 is 11.6 Å². The van der Waals surface area contributed by atoms with Gasteiger partial charge in [-0.25, -0.2) is 13.2 Å². The number of rotatable bonds is 6. The molecule has 2 fully saturated rings. The summed E-state index contributed by atoms with van der Waals surface area (Å²) in [6.07, 6.45) is 4.14. The number of sulfonamides is 1. The van der Waals surface area contributed by atoms with Crippen LogP contribution in [-0.4, -0.2) is 51.5 Å². The summed E-state index contributed by atoms with van der Waals surface area (Å²) in [5, 5.41) is 3.82. The van der Waals surface area contributed by atoms with Crippen LogP contribution < -0.4 is 5.32 Å². The third-order valence-electron chi connectivity index (χ3n) is 4.81. The molecule has 138 valence electrons. The summed E-state index contributed by atoms with van der Waals surface area (Å²) in [7, 11) is -2.54. The molecule has 1 aromatic carbocycles. The van der Waals surface area contributed by atoms with E-state index in [0.29, 0.717) is 24.2 Å². The zero-order chi connectivity index (χ0) is 18.0. The summed E-state index contributed by atoms with van der Waals surface area (Å²) in [5.74, 6) is 0.0977. The van der Waals surface area contributed by atoms with Gasteiger partial charge in [0, 0.05) is 24.2 Å². The van der Waals surface area contributed by atoms with Gasteiger partial charge < -0.3 is 10.1 Å². The normalized spacial score (nSPS) is 19.8. The van der Waals surface area contributed by atoms with Gasteiger partial charge >= 0.3 is 5.97 Å². The number of methoxy groups -OCH3 is 1. The number of carbonyl (C=O) groups excluding carboxylic acids is 1. The van der Waals surface area contributed by atoms with E-state index in [1.807, 2.05) is 0 Å². The van der Waals surface area contributed by atoms with Gasteiger partial charge in [0.15, 0.2) is 0 Å². The Kier molecular flexibility index (Phi) is 5.68. The SMILES string of the molecule is COC(=O)c1cc(Cl)ccc1S(=O)(=O)N1CCC(NCC2CC2)CC1. The molecular formula is C17H23ClN2O4S. The molecule has 1 heterocycles. The highest BCUT2D eigenvalue weighted by atomic mass is 35.5. The van der Waals surface area contributed by atoms with Crippen molar-refractivity contribution in [2.24, 2.45) is 5.92 Å². The van der Waals surface area contributed by atoms with Crippen molar-refractivity contribution in [2.75, 3.05) is 26.7 Å². The highest BCUT2D eigenvalue weighted by Crippen LogP contribution is 2.29. The van der Waals surface area contributed by atoms with Crippen molar-refractivity contribution in [3.8, 4) is 0 Å². The molecule has 1 saturated heterocycles. The minimum atomic E-state index is -3.76. The van der Waals surface area contributed by atoms with E-state index in [1.54, 1.807) is 0 Å². The Morgan fingerprint density at radius 2 is 1.96 bits per heavy atom. The van der Waals surface area contributed by atoms with E-state index < -0.39 is 16.0 Å². The lowest BCUT2D eigenvalue weighted by Crippen LogP contribution is -2.45. The molecule has 25 heavy (non-hydrogen) atoms. The van der Waals surface area contributed by atoms with Crippen LogP contribution in [0.1, 0.15) is 36.0 Å². The van der Waals surface area contributed by atoms with E-state index in [-0.39, 0.29) is 10.5 Å². The first-order chi connectivity index (χ1) is 11.9. The van der Waals surface area contributed by atoms with Crippen LogP contribution in [0.15, 0.2) is 23.1 Å². The number of nitrogens with one attached hydrogen (secondary N) is 1. The van der Waals surface area contributed by atoms with Crippen LogP contribution in [0, 0.1) is 5.92 Å². The Balaban J connectivity index is 1.72. The summed E-state index contributed by atoms with van der Waals surface area (Å²) in [6, 6.07) is 4.55. The maximum absolute atomic E-state index is 13.0. The van der Waals surface area contributed by atoms with Crippen LogP contribution in [0.5, 0.6) is 0 Å². The molecule has 8 heteroatoms. The third kappa shape index (κ3) is 4.34. The molecule has 1 N–H and O–H groups in total. The van der Waals surface area contributed by atoms with Crippen LogP contribution in [0.3, 0.4) is 0 Å². The molecule has 0 unspecified atom stereocenters. The molecule has 0 aromatic heterocycles. The first-order valence-electron chi connectivity index (χ1n) is 8.53. The quantitative estimate of drug-likeness (QED) is 0.759. The molecule has 2 aliphatic rings. The second-order valence-electron chi connectivity index (χ2n) is 6.66. The Bertz CT molecular complexity index is 741. The number of hydrogen-bond acceptors (Lipinski definition) is 5. The Morgan fingerprint density at radius 1 is 1.28 bits per heavy atom. The predicted octanol–water partition coefficient (Wildman–Crippen LogP) is 2.28. The summed E-state index contributed by atoms with van der Waals surface area (Å²) >= 11 is 5.91. The molecule has 0 atom stereocenters. The zero-order valence-corrected chi connectivity index (χ0v) is 15.8. The van der Waals surface area contributed by atoms with E-state index in [1.165, 1.54) is 42.5 Å². The summed E-state index contributed by atoms with van der Waals surface area (Å²) < 4.78 is 32.1. The predicted molar refractivity (Wildman–Crippen MR) is 95.3 cm³/mol. The Hall–Kier alpha value is -1.15. The highest BCUT2D eigenvalue weighted by molar-refractivity contribution is 7.89. The second-order valence-corrected chi connectivity index (χ2v) is 9.00. The van der Waals surface area contributed by atoms with Crippen LogP contribution in [0.4, 0.5) is 0 Å². The van der Waals surface area contributed by atoms with E-state index in [4.69, 9.17) is 16.3 Å². The van der Waals surface area contributed by atoms with Crippen LogP contribution in [0.25, 0.3) is 0 Å². The number of nitrogens with zero attached hydrogens (tertiary/aromatic N) is 1. The lowest BCUT2D eigenvalue weighted by atomic mass is 10.1. The van der Waals surface area contributed by atoms with Gasteiger partial charge in [0.25, 0.3) is 0 Å². The van der Waals surface area contributed by atoms with E-state index in [2.05, 4.69) is 5.32 Å². The van der Waals surface area contributed by atoms with Gasteiger partial charge in [0.05, 0.1) is 17.6 Å². The van der Waals surface area contributed by atoms with Gasteiger partial charge in [0.1, 0.15) is 0 Å². The van der Waals surface area contributed by atoms with Crippen molar-refractivity contribution in [3.63, 3.8) is 0 Å². The maximum Gasteiger partial charge on any atom is 0.339 e. The fourth-order valence-corrected chi connectivity index (χ4v) is 4.89. The average molecular weight is 387 g/mol. The molecule has 0 bridgehead atoms. The number of halogens is 1. The molecule has 1 aromatic rings. The fourth-order valence-electron chi connectivity index (χ4n) is 3.09. The number of benzene rings is 1. The van der Waals surface area contributed by atoms with Gasteiger partial charge in [-0.05, 0) is 56.3 Å². The number of ether oxygens (including phenoxy) is 1. The van der Waals surface area contributed by atoms with E-state index in [0.717, 1.165) is 25.3 Å². The van der Waals surface area contributed by atoms with Crippen molar-refractivity contribution in [1.29, 1.82) is 0 Å². The molecule has 1 aliphatic carbocycles. The molecule has 0 spiro atoms. The molecule has 1 saturated carbocycles. The molecule has 3 rings (SSSR count). The number of esters is 1. The average Bonchev–Trinajstić information content (AvgIpc) is 3.43. The first-order valence-corrected chi connectivity index (χ1v) is 10.3. The van der Waals surface area contributed by atoms with E-state index >= 15 is 0 Å². The van der Waals surface area contributed by atoms with Crippen LogP contribution in [0.2, 0.25) is 5.02 Å². The lowest BCUT2D eigenvalue weighted by Gasteiger charge is -2.32. The molecule has 6 nitrogen and oxygen atoms in total. The summed E-state index contributed by atoms with van der Waals surface area (Å²) in [4.78, 5) is 11.9. The van der Waals surface area contributed by atoms with Crippen molar-refractivity contribution in [1.82, 2.24) is 9.62 Å². The van der Waals surface area contributed by atoms with Gasteiger partial charge in [-0.3, -0.25) is 0 Å². The number of hydrogen-bond donors (Lipinski definition) is 1. The molecular weight excluding hydrogens is 364 g/mol. The van der Waals surface area contributed by atoms with Gasteiger partial charge in [-0.2, -0.15) is 4.31 Å². The molecule has 0 amide bonds. The minimum absolute atomic E-state index is 0.0241. The van der Waals surface area contributed by atoms with Crippen molar-refractivity contribution >= 4 is 27.6 Å². The number of piperidine rings is 1. The number of carbonyl (C=O) groups is 1. The Morgan fingerprint density at radius 3 is 2.56 bits per heavy atom. The van der Waals surface area contributed by atoms with Crippen molar-refractivity contribution in [3.05, 3.63) is 28.8 Å². The fraction of sp³-hybridized carbons (Fsp3) is 0.588. The maximum atomic E-state index is 13.0. The lowest BCUT2D eigenvalue weighted by molar-refractivity contribution is 0.0596. The highest BCUT2D eigenvalue weighted by Gasteiger charge is 2.33. The molecule has 0 radical (unpaired) electrons. The Labute approximate surface area is 153 Å². The van der Waals surface area contributed by atoms with Gasteiger partial charge in [-0.1, -0.05) is 11.6 Å². The minimum Gasteiger partial charge on any atom is -0.465 e. The monoisotopic (exact) mass is 386 g/mol. The molecule has 1 aliphatic heterocycles.